The van der Waals surface area contributed by atoms with E-state index in [9.17, 15) is 4.79 Å². The SMILES string of the molecule is CCN(CC(C)c1nc(CC(=O)O)cs1)c1ccccc1. The molecule has 1 atom stereocenters. The molecule has 5 heteroatoms. The number of aliphatic carboxylic acids is 1. The standard InChI is InChI=1S/C16H20N2O2S/c1-3-18(14-7-5-4-6-8-14)10-12(2)16-17-13(11-21-16)9-15(19)20/h4-8,11-12H,3,9-10H2,1-2H3,(H,19,20). The molecule has 112 valence electrons. The number of nitrogens with zero attached hydrogens (tertiary/aromatic N) is 2. The van der Waals surface area contributed by atoms with Crippen LogP contribution in [0.15, 0.2) is 35.7 Å². The lowest BCUT2D eigenvalue weighted by Crippen LogP contribution is -2.27. The van der Waals surface area contributed by atoms with Crippen molar-refractivity contribution in [2.45, 2.75) is 26.2 Å². The fourth-order valence-electron chi connectivity index (χ4n) is 2.25. The summed E-state index contributed by atoms with van der Waals surface area (Å²) in [4.78, 5) is 17.5. The minimum atomic E-state index is -0.834. The predicted octanol–water partition coefficient (Wildman–Crippen LogP) is 3.40. The lowest BCUT2D eigenvalue weighted by molar-refractivity contribution is -0.136. The first kappa shape index (κ1) is 15.5. The molecular weight excluding hydrogens is 284 g/mol. The van der Waals surface area contributed by atoms with Crippen molar-refractivity contribution >= 4 is 23.0 Å². The summed E-state index contributed by atoms with van der Waals surface area (Å²) in [6, 6.07) is 10.3. The van der Waals surface area contributed by atoms with Gasteiger partial charge in [0.25, 0.3) is 0 Å². The Morgan fingerprint density at radius 1 is 1.38 bits per heavy atom. The number of benzene rings is 1. The Labute approximate surface area is 129 Å². The minimum absolute atomic E-state index is 0.000598. The molecule has 0 aliphatic rings. The Bertz CT molecular complexity index is 583. The Morgan fingerprint density at radius 3 is 2.71 bits per heavy atom. The van der Waals surface area contributed by atoms with Crippen LogP contribution < -0.4 is 4.90 Å². The number of para-hydroxylation sites is 1. The van der Waals surface area contributed by atoms with E-state index in [2.05, 4.69) is 35.9 Å². The van der Waals surface area contributed by atoms with Crippen LogP contribution in [0.3, 0.4) is 0 Å². The average Bonchev–Trinajstić information content (AvgIpc) is 2.93. The Hall–Kier alpha value is -1.88. The first-order chi connectivity index (χ1) is 10.1. The number of carboxylic acids is 1. The molecule has 0 radical (unpaired) electrons. The van der Waals surface area contributed by atoms with Gasteiger partial charge in [-0.3, -0.25) is 4.79 Å². The van der Waals surface area contributed by atoms with Crippen molar-refractivity contribution in [3.63, 3.8) is 0 Å². The highest BCUT2D eigenvalue weighted by atomic mass is 32.1. The third kappa shape index (κ3) is 4.29. The number of anilines is 1. The van der Waals surface area contributed by atoms with Gasteiger partial charge in [0.1, 0.15) is 0 Å². The molecule has 0 bridgehead atoms. The van der Waals surface area contributed by atoms with Crippen molar-refractivity contribution < 1.29 is 9.90 Å². The normalized spacial score (nSPS) is 12.1. The molecule has 0 saturated heterocycles. The molecular formula is C16H20N2O2S. The molecule has 1 aromatic heterocycles. The van der Waals surface area contributed by atoms with E-state index in [1.807, 2.05) is 23.6 Å². The van der Waals surface area contributed by atoms with E-state index in [1.54, 1.807) is 11.3 Å². The lowest BCUT2D eigenvalue weighted by Gasteiger charge is -2.25. The highest BCUT2D eigenvalue weighted by Gasteiger charge is 2.15. The number of thiazole rings is 1. The number of carboxylic acid groups (broad SMARTS) is 1. The summed E-state index contributed by atoms with van der Waals surface area (Å²) in [6.07, 6.45) is -0.000598. The van der Waals surface area contributed by atoms with Gasteiger partial charge in [-0.15, -0.1) is 11.3 Å². The molecule has 2 rings (SSSR count). The van der Waals surface area contributed by atoms with Crippen LogP contribution in [0.1, 0.15) is 30.5 Å². The van der Waals surface area contributed by atoms with Crippen molar-refractivity contribution in [3.05, 3.63) is 46.4 Å². The second kappa shape index (κ2) is 7.22. The zero-order chi connectivity index (χ0) is 15.2. The van der Waals surface area contributed by atoms with E-state index in [1.165, 1.54) is 5.69 Å². The molecule has 0 fully saturated rings. The third-order valence-electron chi connectivity index (χ3n) is 3.32. The summed E-state index contributed by atoms with van der Waals surface area (Å²) in [5, 5.41) is 11.6. The maximum absolute atomic E-state index is 10.7. The van der Waals surface area contributed by atoms with Crippen LogP contribution in [0.2, 0.25) is 0 Å². The van der Waals surface area contributed by atoms with Crippen LogP contribution in [0.25, 0.3) is 0 Å². The predicted molar refractivity (Wildman–Crippen MR) is 86.2 cm³/mol. The van der Waals surface area contributed by atoms with Crippen LogP contribution in [0.4, 0.5) is 5.69 Å². The number of aromatic nitrogens is 1. The van der Waals surface area contributed by atoms with Crippen molar-refractivity contribution in [1.82, 2.24) is 4.98 Å². The molecule has 0 aliphatic heterocycles. The second-order valence-corrected chi connectivity index (χ2v) is 5.91. The summed E-state index contributed by atoms with van der Waals surface area (Å²) >= 11 is 1.55. The fraction of sp³-hybridized carbons (Fsp3) is 0.375. The topological polar surface area (TPSA) is 53.4 Å². The summed E-state index contributed by atoms with van der Waals surface area (Å²) in [7, 11) is 0. The van der Waals surface area contributed by atoms with E-state index in [0.717, 1.165) is 18.1 Å². The van der Waals surface area contributed by atoms with Crippen LogP contribution >= 0.6 is 11.3 Å². The zero-order valence-corrected chi connectivity index (χ0v) is 13.1. The molecule has 2 aromatic rings. The quantitative estimate of drug-likeness (QED) is 0.852. The number of rotatable bonds is 7. The van der Waals surface area contributed by atoms with Gasteiger partial charge in [0.2, 0.25) is 0 Å². The van der Waals surface area contributed by atoms with Gasteiger partial charge in [0.05, 0.1) is 17.1 Å². The van der Waals surface area contributed by atoms with Crippen molar-refractivity contribution in [2.75, 3.05) is 18.0 Å². The molecule has 0 aliphatic carbocycles. The van der Waals surface area contributed by atoms with Gasteiger partial charge < -0.3 is 10.0 Å². The smallest absolute Gasteiger partial charge is 0.309 e. The largest absolute Gasteiger partial charge is 0.481 e. The van der Waals surface area contributed by atoms with E-state index >= 15 is 0 Å². The maximum atomic E-state index is 10.7. The van der Waals surface area contributed by atoms with Gasteiger partial charge in [-0.2, -0.15) is 0 Å². The summed E-state index contributed by atoms with van der Waals surface area (Å²) in [6.45, 7) is 6.08. The highest BCUT2D eigenvalue weighted by Crippen LogP contribution is 2.24. The number of carbonyl (C=O) groups is 1. The van der Waals surface area contributed by atoms with E-state index < -0.39 is 5.97 Å². The van der Waals surface area contributed by atoms with Crippen LogP contribution in [0, 0.1) is 0 Å². The van der Waals surface area contributed by atoms with E-state index in [0.29, 0.717) is 5.69 Å². The van der Waals surface area contributed by atoms with Gasteiger partial charge in [-0.05, 0) is 19.1 Å². The number of hydrogen-bond acceptors (Lipinski definition) is 4. The lowest BCUT2D eigenvalue weighted by atomic mass is 10.1. The number of hydrogen-bond donors (Lipinski definition) is 1. The van der Waals surface area contributed by atoms with Gasteiger partial charge in [-0.25, -0.2) is 4.98 Å². The molecule has 4 nitrogen and oxygen atoms in total. The van der Waals surface area contributed by atoms with E-state index in [-0.39, 0.29) is 12.3 Å². The van der Waals surface area contributed by atoms with Gasteiger partial charge in [0.15, 0.2) is 0 Å². The Kier molecular flexibility index (Phi) is 5.33. The van der Waals surface area contributed by atoms with Crippen LogP contribution in [0.5, 0.6) is 0 Å². The van der Waals surface area contributed by atoms with E-state index in [4.69, 9.17) is 5.11 Å². The van der Waals surface area contributed by atoms with Gasteiger partial charge in [0, 0.05) is 30.1 Å². The summed E-state index contributed by atoms with van der Waals surface area (Å²) in [5.74, 6) is -0.559. The monoisotopic (exact) mass is 304 g/mol. The second-order valence-electron chi connectivity index (χ2n) is 5.02. The Balaban J connectivity index is 2.04. The van der Waals surface area contributed by atoms with Crippen molar-refractivity contribution in [1.29, 1.82) is 0 Å². The van der Waals surface area contributed by atoms with Crippen LogP contribution in [-0.2, 0) is 11.2 Å². The maximum Gasteiger partial charge on any atom is 0.309 e. The third-order valence-corrected chi connectivity index (χ3v) is 4.45. The summed E-state index contributed by atoms with van der Waals surface area (Å²) < 4.78 is 0. The van der Waals surface area contributed by atoms with Gasteiger partial charge in [-0.1, -0.05) is 25.1 Å². The summed E-state index contributed by atoms with van der Waals surface area (Å²) in [5.41, 5.74) is 1.85. The highest BCUT2D eigenvalue weighted by molar-refractivity contribution is 7.09. The molecule has 21 heavy (non-hydrogen) atoms. The zero-order valence-electron chi connectivity index (χ0n) is 12.3. The Morgan fingerprint density at radius 2 is 2.10 bits per heavy atom. The van der Waals surface area contributed by atoms with Crippen molar-refractivity contribution in [2.24, 2.45) is 0 Å². The van der Waals surface area contributed by atoms with Crippen LogP contribution in [-0.4, -0.2) is 29.1 Å². The first-order valence-corrected chi connectivity index (χ1v) is 7.94. The molecule has 0 saturated carbocycles. The fourth-order valence-corrected chi connectivity index (χ4v) is 3.12. The minimum Gasteiger partial charge on any atom is -0.481 e. The molecule has 1 N–H and O–H groups in total. The molecule has 1 heterocycles. The van der Waals surface area contributed by atoms with Crippen molar-refractivity contribution in [3.8, 4) is 0 Å². The molecule has 0 amide bonds. The average molecular weight is 304 g/mol. The molecule has 1 aromatic carbocycles. The molecule has 1 unspecified atom stereocenters. The first-order valence-electron chi connectivity index (χ1n) is 7.06. The number of likely N-dealkylation sites (N-methyl/N-ethyl adjacent to an activating group) is 1. The molecule has 0 spiro atoms. The van der Waals surface area contributed by atoms with Gasteiger partial charge >= 0.3 is 5.97 Å².